The zero-order valence-electron chi connectivity index (χ0n) is 12.6. The highest BCUT2D eigenvalue weighted by atomic mass is 16.4. The van der Waals surface area contributed by atoms with E-state index >= 15 is 0 Å². The molecule has 0 aliphatic carbocycles. The molecular weight excluding hydrogens is 258 g/mol. The number of H-pyrrole nitrogens is 1. The molecule has 1 amide bonds. The van der Waals surface area contributed by atoms with Crippen LogP contribution >= 0.6 is 0 Å². The van der Waals surface area contributed by atoms with Crippen LogP contribution in [0.25, 0.3) is 0 Å². The van der Waals surface area contributed by atoms with Gasteiger partial charge in [-0.25, -0.2) is 4.79 Å². The summed E-state index contributed by atoms with van der Waals surface area (Å²) in [5.74, 6) is 0. The summed E-state index contributed by atoms with van der Waals surface area (Å²) >= 11 is 0. The average Bonchev–Trinajstić information content (AvgIpc) is 2.25. The van der Waals surface area contributed by atoms with Crippen molar-refractivity contribution in [3.63, 3.8) is 0 Å². The van der Waals surface area contributed by atoms with Crippen LogP contribution in [0.3, 0.4) is 0 Å². The fraction of sp³-hybridized carbons (Fsp3) is 0.571. The van der Waals surface area contributed by atoms with E-state index in [1.165, 1.54) is 0 Å². The molecule has 0 spiro atoms. The molecule has 20 heavy (non-hydrogen) atoms. The van der Waals surface area contributed by atoms with Gasteiger partial charge in [0.2, 0.25) is 0 Å². The van der Waals surface area contributed by atoms with Crippen molar-refractivity contribution in [2.24, 2.45) is 5.41 Å². The third-order valence-electron chi connectivity index (χ3n) is 3.00. The lowest BCUT2D eigenvalue weighted by Crippen LogP contribution is -2.39. The third kappa shape index (κ3) is 3.76. The fourth-order valence-corrected chi connectivity index (χ4v) is 2.17. The smallest absolute Gasteiger partial charge is 0.405 e. The number of aromatic nitrogens is 1. The van der Waals surface area contributed by atoms with Crippen molar-refractivity contribution < 1.29 is 9.90 Å². The van der Waals surface area contributed by atoms with Crippen LogP contribution in [0, 0.1) is 12.3 Å². The first kappa shape index (κ1) is 16.1. The number of nitrogens with one attached hydrogen (secondary N) is 3. The van der Waals surface area contributed by atoms with Gasteiger partial charge in [0.05, 0.1) is 11.6 Å². The molecule has 1 rings (SSSR count). The number of carbonyl (C=O) groups is 1. The number of anilines is 1. The van der Waals surface area contributed by atoms with E-state index in [9.17, 15) is 9.59 Å². The van der Waals surface area contributed by atoms with E-state index in [2.05, 4.69) is 15.6 Å². The lowest BCUT2D eigenvalue weighted by atomic mass is 9.82. The van der Waals surface area contributed by atoms with E-state index in [0.717, 1.165) is 5.69 Å². The number of pyridine rings is 1. The summed E-state index contributed by atoms with van der Waals surface area (Å²) in [5, 5.41) is 14.6. The summed E-state index contributed by atoms with van der Waals surface area (Å²) in [5.41, 5.74) is 1.13. The topological polar surface area (TPSA) is 94.2 Å². The Morgan fingerprint density at radius 3 is 2.50 bits per heavy atom. The third-order valence-corrected chi connectivity index (χ3v) is 3.00. The van der Waals surface area contributed by atoms with Gasteiger partial charge in [-0.3, -0.25) is 4.79 Å². The number of hydrogen-bond acceptors (Lipinski definition) is 3. The Bertz CT molecular complexity index is 544. The maximum Gasteiger partial charge on any atom is 0.405 e. The van der Waals surface area contributed by atoms with Crippen LogP contribution in [0.1, 0.15) is 45.0 Å². The molecule has 0 saturated heterocycles. The molecule has 4 N–H and O–H groups in total. The standard InChI is InChI=1S/C14H23N3O3/c1-6-15-9-7-8(2)16-12(18)10(9)11(14(3,4)5)17-13(19)20/h7,11,17H,6H2,1-5H3,(H,19,20)(H2,15,16,18). The monoisotopic (exact) mass is 281 g/mol. The predicted octanol–water partition coefficient (Wildman–Crippen LogP) is 2.47. The second-order valence-corrected chi connectivity index (χ2v) is 5.89. The van der Waals surface area contributed by atoms with Gasteiger partial charge in [-0.05, 0) is 25.3 Å². The van der Waals surface area contributed by atoms with Gasteiger partial charge in [0.15, 0.2) is 0 Å². The van der Waals surface area contributed by atoms with Gasteiger partial charge in [-0.1, -0.05) is 20.8 Å². The number of carboxylic acid groups (broad SMARTS) is 1. The van der Waals surface area contributed by atoms with Gasteiger partial charge in [0, 0.05) is 17.9 Å². The van der Waals surface area contributed by atoms with Gasteiger partial charge < -0.3 is 20.7 Å². The molecule has 1 atom stereocenters. The normalized spacial score (nSPS) is 12.8. The number of aryl methyl sites for hydroxylation is 1. The van der Waals surface area contributed by atoms with Crippen molar-refractivity contribution in [1.29, 1.82) is 0 Å². The number of rotatable bonds is 4. The van der Waals surface area contributed by atoms with Crippen LogP contribution in [-0.4, -0.2) is 22.7 Å². The highest BCUT2D eigenvalue weighted by Crippen LogP contribution is 2.34. The number of amides is 1. The summed E-state index contributed by atoms with van der Waals surface area (Å²) in [6.07, 6.45) is -1.15. The Hall–Kier alpha value is -1.98. The second kappa shape index (κ2) is 5.98. The van der Waals surface area contributed by atoms with E-state index in [-0.39, 0.29) is 5.56 Å². The molecule has 1 unspecified atom stereocenters. The molecule has 0 saturated carbocycles. The summed E-state index contributed by atoms with van der Waals surface area (Å²) in [6.45, 7) is 10.0. The molecule has 0 aromatic carbocycles. The largest absolute Gasteiger partial charge is 0.465 e. The van der Waals surface area contributed by atoms with Crippen LogP contribution in [0.15, 0.2) is 10.9 Å². The van der Waals surface area contributed by atoms with Gasteiger partial charge in [-0.15, -0.1) is 0 Å². The molecular formula is C14H23N3O3. The molecule has 0 aliphatic rings. The molecule has 1 aromatic rings. The maximum atomic E-state index is 12.3. The van der Waals surface area contributed by atoms with E-state index in [4.69, 9.17) is 5.11 Å². The first-order chi connectivity index (χ1) is 9.16. The summed E-state index contributed by atoms with van der Waals surface area (Å²) in [6, 6.07) is 1.22. The number of aromatic amines is 1. The van der Waals surface area contributed by atoms with Crippen LogP contribution < -0.4 is 16.2 Å². The number of hydrogen-bond donors (Lipinski definition) is 4. The fourth-order valence-electron chi connectivity index (χ4n) is 2.17. The Kier molecular flexibility index (Phi) is 4.81. The predicted molar refractivity (Wildman–Crippen MR) is 79.3 cm³/mol. The molecule has 1 aromatic heterocycles. The minimum atomic E-state index is -1.15. The quantitative estimate of drug-likeness (QED) is 0.682. The van der Waals surface area contributed by atoms with Gasteiger partial charge in [0.1, 0.15) is 0 Å². The Balaban J connectivity index is 3.46. The lowest BCUT2D eigenvalue weighted by Gasteiger charge is -2.31. The van der Waals surface area contributed by atoms with Crippen molar-refractivity contribution in [1.82, 2.24) is 10.3 Å². The van der Waals surface area contributed by atoms with Crippen LogP contribution in [0.5, 0.6) is 0 Å². The highest BCUT2D eigenvalue weighted by molar-refractivity contribution is 5.66. The minimum absolute atomic E-state index is 0.269. The zero-order valence-corrected chi connectivity index (χ0v) is 12.6. The minimum Gasteiger partial charge on any atom is -0.465 e. The summed E-state index contributed by atoms with van der Waals surface area (Å²) in [7, 11) is 0. The van der Waals surface area contributed by atoms with E-state index < -0.39 is 17.6 Å². The molecule has 6 nitrogen and oxygen atoms in total. The van der Waals surface area contributed by atoms with Gasteiger partial charge >= 0.3 is 6.09 Å². The van der Waals surface area contributed by atoms with Crippen molar-refractivity contribution in [3.8, 4) is 0 Å². The summed E-state index contributed by atoms with van der Waals surface area (Å²) < 4.78 is 0. The highest BCUT2D eigenvalue weighted by Gasteiger charge is 2.32. The van der Waals surface area contributed by atoms with Crippen molar-refractivity contribution in [3.05, 3.63) is 27.7 Å². The Labute approximate surface area is 118 Å². The first-order valence-corrected chi connectivity index (χ1v) is 6.64. The molecule has 0 fully saturated rings. The van der Waals surface area contributed by atoms with Gasteiger partial charge in [0.25, 0.3) is 5.56 Å². The zero-order chi connectivity index (χ0) is 15.5. The van der Waals surface area contributed by atoms with E-state index in [1.54, 1.807) is 6.92 Å². The SMILES string of the molecule is CCNc1cc(C)[nH]c(=O)c1C(NC(=O)O)C(C)(C)C. The Morgan fingerprint density at radius 1 is 1.45 bits per heavy atom. The molecule has 0 aliphatic heterocycles. The molecule has 1 heterocycles. The van der Waals surface area contributed by atoms with Gasteiger partial charge in [-0.2, -0.15) is 0 Å². The van der Waals surface area contributed by atoms with E-state index in [1.807, 2.05) is 33.8 Å². The molecule has 112 valence electrons. The van der Waals surface area contributed by atoms with Crippen LogP contribution in [0.4, 0.5) is 10.5 Å². The summed E-state index contributed by atoms with van der Waals surface area (Å²) in [4.78, 5) is 26.0. The lowest BCUT2D eigenvalue weighted by molar-refractivity contribution is 0.174. The van der Waals surface area contributed by atoms with Crippen molar-refractivity contribution >= 4 is 11.8 Å². The molecule has 6 heteroatoms. The Morgan fingerprint density at radius 2 is 2.05 bits per heavy atom. The second-order valence-electron chi connectivity index (χ2n) is 5.89. The van der Waals surface area contributed by atoms with Crippen LogP contribution in [0.2, 0.25) is 0 Å². The van der Waals surface area contributed by atoms with Crippen LogP contribution in [-0.2, 0) is 0 Å². The van der Waals surface area contributed by atoms with Crippen molar-refractivity contribution in [2.45, 2.75) is 40.7 Å². The molecule has 0 bridgehead atoms. The van der Waals surface area contributed by atoms with Crippen molar-refractivity contribution in [2.75, 3.05) is 11.9 Å². The molecule has 0 radical (unpaired) electrons. The average molecular weight is 281 g/mol. The van der Waals surface area contributed by atoms with E-state index in [0.29, 0.717) is 17.8 Å². The first-order valence-electron chi connectivity index (χ1n) is 6.64. The maximum absolute atomic E-state index is 12.3.